The summed E-state index contributed by atoms with van der Waals surface area (Å²) in [5.74, 6) is 0.572. The molecule has 0 saturated carbocycles. The normalized spacial score (nSPS) is 11.2. The van der Waals surface area contributed by atoms with Crippen molar-refractivity contribution in [1.82, 2.24) is 0 Å². The van der Waals surface area contributed by atoms with Crippen LogP contribution in [0, 0.1) is 0 Å². The van der Waals surface area contributed by atoms with Gasteiger partial charge in [-0.1, -0.05) is 36.5 Å². The average molecular weight is 402 g/mol. The van der Waals surface area contributed by atoms with Crippen LogP contribution in [0.5, 0.6) is 5.75 Å². The zero-order valence-corrected chi connectivity index (χ0v) is 17.3. The lowest BCUT2D eigenvalue weighted by atomic mass is 10.2. The molecule has 0 bridgehead atoms. The minimum Gasteiger partial charge on any atom is -0.497 e. The lowest BCUT2D eigenvalue weighted by molar-refractivity contribution is -0.140. The Morgan fingerprint density at radius 2 is 1.52 bits per heavy atom. The molecular formula is C23H31NO5. The molecule has 0 spiro atoms. The van der Waals surface area contributed by atoms with Crippen LogP contribution in [0.25, 0.3) is 0 Å². The van der Waals surface area contributed by atoms with Crippen molar-refractivity contribution < 1.29 is 23.8 Å². The van der Waals surface area contributed by atoms with E-state index in [2.05, 4.69) is 34.4 Å². The highest BCUT2D eigenvalue weighted by molar-refractivity contribution is 5.84. The number of amides is 1. The van der Waals surface area contributed by atoms with Gasteiger partial charge in [0.25, 0.3) is 0 Å². The molecule has 0 unspecified atom stereocenters. The number of hydrogen-bond donors (Lipinski definition) is 1. The van der Waals surface area contributed by atoms with Crippen molar-refractivity contribution >= 4 is 17.7 Å². The Labute approximate surface area is 173 Å². The fraction of sp³-hybridized carbons (Fsp3) is 0.391. The minimum atomic E-state index is -0.471. The Kier molecular flexibility index (Phi) is 13.2. The third-order valence-corrected chi connectivity index (χ3v) is 3.88. The number of benzene rings is 1. The lowest BCUT2D eigenvalue weighted by Gasteiger charge is -2.06. The first-order valence-electron chi connectivity index (χ1n) is 9.75. The number of carbonyl (C=O) groups is 2. The van der Waals surface area contributed by atoms with E-state index in [1.165, 1.54) is 7.11 Å². The van der Waals surface area contributed by atoms with Crippen LogP contribution in [0.1, 0.15) is 38.5 Å². The maximum atomic E-state index is 11.7. The molecule has 0 atom stereocenters. The summed E-state index contributed by atoms with van der Waals surface area (Å²) in [7, 11) is 3.00. The summed E-state index contributed by atoms with van der Waals surface area (Å²) in [5.41, 5.74) is 0.661. The topological polar surface area (TPSA) is 73.9 Å². The Bertz CT molecular complexity index is 677. The molecule has 29 heavy (non-hydrogen) atoms. The van der Waals surface area contributed by atoms with E-state index in [1.807, 2.05) is 12.2 Å². The van der Waals surface area contributed by atoms with E-state index in [9.17, 15) is 9.59 Å². The van der Waals surface area contributed by atoms with E-state index in [0.717, 1.165) is 31.4 Å². The van der Waals surface area contributed by atoms with Crippen LogP contribution in [0.2, 0.25) is 0 Å². The molecule has 0 heterocycles. The van der Waals surface area contributed by atoms with Crippen LogP contribution in [0.4, 0.5) is 10.5 Å². The minimum absolute atomic E-state index is 0.159. The van der Waals surface area contributed by atoms with Gasteiger partial charge in [-0.3, -0.25) is 10.1 Å². The Morgan fingerprint density at radius 1 is 0.897 bits per heavy atom. The molecule has 1 aromatic rings. The molecule has 0 radical (unpaired) electrons. The number of esters is 1. The second-order valence-electron chi connectivity index (χ2n) is 6.13. The van der Waals surface area contributed by atoms with E-state index >= 15 is 0 Å². The fourth-order valence-corrected chi connectivity index (χ4v) is 2.29. The molecule has 0 aliphatic carbocycles. The number of unbranched alkanes of at least 4 members (excludes halogenated alkanes) is 1. The van der Waals surface area contributed by atoms with Crippen LogP contribution in [0.15, 0.2) is 60.7 Å². The molecule has 6 nitrogen and oxygen atoms in total. The van der Waals surface area contributed by atoms with Gasteiger partial charge >= 0.3 is 12.1 Å². The summed E-state index contributed by atoms with van der Waals surface area (Å²) in [6.45, 7) is 0.330. The zero-order valence-electron chi connectivity index (χ0n) is 17.3. The number of hydrogen-bond acceptors (Lipinski definition) is 5. The second-order valence-corrected chi connectivity index (χ2v) is 6.13. The molecule has 0 aromatic heterocycles. The molecule has 1 amide bonds. The van der Waals surface area contributed by atoms with E-state index in [4.69, 9.17) is 9.47 Å². The van der Waals surface area contributed by atoms with Gasteiger partial charge in [-0.2, -0.15) is 0 Å². The van der Waals surface area contributed by atoms with E-state index in [1.54, 1.807) is 31.4 Å². The van der Waals surface area contributed by atoms with Crippen LogP contribution < -0.4 is 10.1 Å². The van der Waals surface area contributed by atoms with Gasteiger partial charge in [-0.15, -0.1) is 0 Å². The number of allylic oxidation sites excluding steroid dienone is 5. The summed E-state index contributed by atoms with van der Waals surface area (Å²) in [6, 6.07) is 7.05. The standard InChI is InChI=1S/C23H31NO5/c1-27-21-17-15-20(16-18-21)24-23(26)29-19-13-11-9-7-5-3-4-6-8-10-12-14-22(25)28-2/h3,5-6,8-9,11,15-18H,4,7,10,12-14,19H2,1-2H3,(H,24,26)/b5-3-,8-6-,11-9-. The molecular weight excluding hydrogens is 370 g/mol. The molecule has 0 saturated heterocycles. The number of rotatable bonds is 13. The highest BCUT2D eigenvalue weighted by atomic mass is 16.5. The number of ether oxygens (including phenoxy) is 3. The first-order valence-corrected chi connectivity index (χ1v) is 9.75. The van der Waals surface area contributed by atoms with Gasteiger partial charge in [0.15, 0.2) is 0 Å². The number of anilines is 1. The molecule has 158 valence electrons. The van der Waals surface area contributed by atoms with Crippen molar-refractivity contribution in [2.75, 3.05) is 26.1 Å². The Hall–Kier alpha value is -3.02. The van der Waals surface area contributed by atoms with Gasteiger partial charge in [0.05, 0.1) is 20.8 Å². The zero-order chi connectivity index (χ0) is 21.2. The van der Waals surface area contributed by atoms with Crippen LogP contribution in [0.3, 0.4) is 0 Å². The van der Waals surface area contributed by atoms with Crippen molar-refractivity contribution in [3.63, 3.8) is 0 Å². The second kappa shape index (κ2) is 16.0. The Morgan fingerprint density at radius 3 is 2.14 bits per heavy atom. The van der Waals surface area contributed by atoms with Gasteiger partial charge in [0, 0.05) is 12.1 Å². The van der Waals surface area contributed by atoms with Gasteiger partial charge in [0.1, 0.15) is 5.75 Å². The highest BCUT2D eigenvalue weighted by Gasteiger charge is 2.02. The van der Waals surface area contributed by atoms with Crippen LogP contribution in [-0.2, 0) is 14.3 Å². The van der Waals surface area contributed by atoms with Crippen molar-refractivity contribution in [3.05, 3.63) is 60.7 Å². The molecule has 0 aliphatic rings. The maximum absolute atomic E-state index is 11.7. The summed E-state index contributed by atoms with van der Waals surface area (Å²) in [5, 5.41) is 2.66. The van der Waals surface area contributed by atoms with Crippen molar-refractivity contribution in [3.8, 4) is 5.75 Å². The summed E-state index contributed by atoms with van der Waals surface area (Å²) < 4.78 is 14.8. The smallest absolute Gasteiger partial charge is 0.411 e. The molecule has 1 N–H and O–H groups in total. The first-order chi connectivity index (χ1) is 14.2. The molecule has 0 fully saturated rings. The predicted octanol–water partition coefficient (Wildman–Crippen LogP) is 5.43. The molecule has 0 aliphatic heterocycles. The molecule has 1 rings (SSSR count). The molecule has 1 aromatic carbocycles. The van der Waals surface area contributed by atoms with E-state index in [0.29, 0.717) is 25.1 Å². The summed E-state index contributed by atoms with van der Waals surface area (Å²) >= 11 is 0. The van der Waals surface area contributed by atoms with E-state index < -0.39 is 6.09 Å². The molecule has 6 heteroatoms. The van der Waals surface area contributed by atoms with Crippen molar-refractivity contribution in [1.29, 1.82) is 0 Å². The van der Waals surface area contributed by atoms with E-state index in [-0.39, 0.29) is 5.97 Å². The van der Waals surface area contributed by atoms with Gasteiger partial charge in [-0.05, 0) is 56.4 Å². The third-order valence-electron chi connectivity index (χ3n) is 3.88. The van der Waals surface area contributed by atoms with Crippen molar-refractivity contribution in [2.45, 2.75) is 38.5 Å². The number of methoxy groups -OCH3 is 2. The quantitative estimate of drug-likeness (QED) is 0.271. The summed E-state index contributed by atoms with van der Waals surface area (Å²) in [4.78, 5) is 22.6. The highest BCUT2D eigenvalue weighted by Crippen LogP contribution is 2.15. The first kappa shape index (κ1) is 24.0. The maximum Gasteiger partial charge on any atom is 0.411 e. The average Bonchev–Trinajstić information content (AvgIpc) is 2.74. The van der Waals surface area contributed by atoms with Gasteiger partial charge in [0.2, 0.25) is 0 Å². The number of nitrogens with one attached hydrogen (secondary N) is 1. The van der Waals surface area contributed by atoms with Crippen LogP contribution >= 0.6 is 0 Å². The monoisotopic (exact) mass is 401 g/mol. The Balaban J connectivity index is 2.02. The summed E-state index contributed by atoms with van der Waals surface area (Å²) in [6.07, 6.45) is 16.5. The fourth-order valence-electron chi connectivity index (χ4n) is 2.29. The van der Waals surface area contributed by atoms with Gasteiger partial charge < -0.3 is 14.2 Å². The third kappa shape index (κ3) is 12.9. The van der Waals surface area contributed by atoms with Crippen molar-refractivity contribution in [2.24, 2.45) is 0 Å². The number of carbonyl (C=O) groups excluding carboxylic acids is 2. The van der Waals surface area contributed by atoms with Crippen LogP contribution in [-0.4, -0.2) is 32.9 Å². The predicted molar refractivity (Wildman–Crippen MR) is 115 cm³/mol. The SMILES string of the molecule is COC(=O)CCC/C=C\C/C=C\C/C=C\CCOC(=O)Nc1ccc(OC)cc1. The lowest BCUT2D eigenvalue weighted by Crippen LogP contribution is -2.14. The van der Waals surface area contributed by atoms with Gasteiger partial charge in [-0.25, -0.2) is 4.79 Å². The largest absolute Gasteiger partial charge is 0.497 e.